The molecule has 7 nitrogen and oxygen atoms in total. The van der Waals surface area contributed by atoms with Crippen LogP contribution in [0.2, 0.25) is 0 Å². The Hall–Kier alpha value is -2.19. The second kappa shape index (κ2) is 8.46. The zero-order valence-corrected chi connectivity index (χ0v) is 15.6. The molecule has 1 aliphatic heterocycles. The monoisotopic (exact) mass is 377 g/mol. The van der Waals surface area contributed by atoms with Crippen LogP contribution in [0, 0.1) is 5.92 Å². The van der Waals surface area contributed by atoms with E-state index in [1.165, 1.54) is 11.3 Å². The van der Waals surface area contributed by atoms with Crippen molar-refractivity contribution in [3.05, 3.63) is 18.2 Å². The Morgan fingerprint density at radius 3 is 3.08 bits per heavy atom. The van der Waals surface area contributed by atoms with Crippen molar-refractivity contribution >= 4 is 38.5 Å². The van der Waals surface area contributed by atoms with Gasteiger partial charge in [-0.05, 0) is 38.0 Å². The Kier molecular flexibility index (Phi) is 6.05. The summed E-state index contributed by atoms with van der Waals surface area (Å²) in [5, 5.41) is 12.2. The van der Waals surface area contributed by atoms with Crippen molar-refractivity contribution in [3.8, 4) is 5.75 Å². The van der Waals surface area contributed by atoms with E-state index in [4.69, 9.17) is 9.84 Å². The fraction of sp³-hybridized carbons (Fsp3) is 0.500. The smallest absolute Gasteiger partial charge is 0.229 e. The van der Waals surface area contributed by atoms with Gasteiger partial charge in [-0.15, -0.1) is 0 Å². The van der Waals surface area contributed by atoms with Crippen LogP contribution in [0.1, 0.15) is 26.2 Å². The number of aliphatic hydroxyl groups excluding tert-OH is 1. The molecule has 2 amide bonds. The highest BCUT2D eigenvalue weighted by Gasteiger charge is 2.36. The molecule has 3 rings (SSSR count). The van der Waals surface area contributed by atoms with Gasteiger partial charge in [0.05, 0.1) is 22.7 Å². The Balaban J connectivity index is 1.66. The van der Waals surface area contributed by atoms with Gasteiger partial charge in [0.1, 0.15) is 5.75 Å². The van der Waals surface area contributed by atoms with Crippen LogP contribution in [0.25, 0.3) is 10.2 Å². The molecule has 1 aromatic heterocycles. The number of nitrogens with zero attached hydrogens (tertiary/aromatic N) is 2. The first kappa shape index (κ1) is 18.6. The average molecular weight is 377 g/mol. The van der Waals surface area contributed by atoms with E-state index >= 15 is 0 Å². The minimum atomic E-state index is -0.359. The summed E-state index contributed by atoms with van der Waals surface area (Å²) in [5.74, 6) is 0.230. The predicted molar refractivity (Wildman–Crippen MR) is 101 cm³/mol. The van der Waals surface area contributed by atoms with Crippen molar-refractivity contribution in [2.45, 2.75) is 26.2 Å². The van der Waals surface area contributed by atoms with E-state index in [0.29, 0.717) is 31.2 Å². The van der Waals surface area contributed by atoms with Gasteiger partial charge in [0.25, 0.3) is 0 Å². The number of hydrogen-bond acceptors (Lipinski definition) is 6. The minimum Gasteiger partial charge on any atom is -0.494 e. The average Bonchev–Trinajstić information content (AvgIpc) is 3.21. The van der Waals surface area contributed by atoms with Crippen molar-refractivity contribution in [1.82, 2.24) is 10.3 Å². The number of anilines is 1. The van der Waals surface area contributed by atoms with Crippen molar-refractivity contribution in [3.63, 3.8) is 0 Å². The molecule has 2 heterocycles. The SMILES string of the molecule is CCOc1ccc2nc(N3CC(C(=O)NCCCCO)CC3=O)sc2c1. The highest BCUT2D eigenvalue weighted by Crippen LogP contribution is 2.34. The number of carbonyl (C=O) groups is 2. The molecule has 0 radical (unpaired) electrons. The summed E-state index contributed by atoms with van der Waals surface area (Å²) in [4.78, 5) is 30.7. The summed E-state index contributed by atoms with van der Waals surface area (Å²) in [5.41, 5.74) is 0.818. The largest absolute Gasteiger partial charge is 0.494 e. The van der Waals surface area contributed by atoms with Crippen LogP contribution in [-0.2, 0) is 9.59 Å². The molecule has 26 heavy (non-hydrogen) atoms. The Bertz CT molecular complexity index is 792. The Morgan fingerprint density at radius 1 is 1.46 bits per heavy atom. The molecule has 1 aliphatic rings. The Morgan fingerprint density at radius 2 is 2.31 bits per heavy atom. The van der Waals surface area contributed by atoms with Crippen LogP contribution in [0.5, 0.6) is 5.75 Å². The van der Waals surface area contributed by atoms with Crippen LogP contribution in [0.3, 0.4) is 0 Å². The molecule has 1 unspecified atom stereocenters. The van der Waals surface area contributed by atoms with E-state index in [2.05, 4.69) is 10.3 Å². The van der Waals surface area contributed by atoms with E-state index < -0.39 is 0 Å². The maximum absolute atomic E-state index is 12.4. The second-order valence-electron chi connectivity index (χ2n) is 6.19. The summed E-state index contributed by atoms with van der Waals surface area (Å²) in [7, 11) is 0. The van der Waals surface area contributed by atoms with Crippen LogP contribution in [0.15, 0.2) is 18.2 Å². The number of aliphatic hydroxyl groups is 1. The van der Waals surface area contributed by atoms with Gasteiger partial charge in [-0.2, -0.15) is 0 Å². The fourth-order valence-corrected chi connectivity index (χ4v) is 3.95. The highest BCUT2D eigenvalue weighted by molar-refractivity contribution is 7.22. The second-order valence-corrected chi connectivity index (χ2v) is 7.20. The zero-order valence-electron chi connectivity index (χ0n) is 14.7. The number of benzene rings is 1. The van der Waals surface area contributed by atoms with E-state index in [-0.39, 0.29) is 30.8 Å². The number of aromatic nitrogens is 1. The number of fused-ring (bicyclic) bond motifs is 1. The third kappa shape index (κ3) is 4.13. The number of nitrogens with one attached hydrogen (secondary N) is 1. The van der Waals surface area contributed by atoms with Gasteiger partial charge >= 0.3 is 0 Å². The molecule has 0 aliphatic carbocycles. The Labute approximate surface area is 156 Å². The van der Waals surface area contributed by atoms with Crippen LogP contribution in [-0.4, -0.2) is 48.2 Å². The standard InChI is InChI=1S/C18H23N3O4S/c1-2-25-13-5-6-14-15(10-13)26-18(20-14)21-11-12(9-16(21)23)17(24)19-7-3-4-8-22/h5-6,10,12,22H,2-4,7-9,11H2,1H3,(H,19,24). The van der Waals surface area contributed by atoms with E-state index in [1.54, 1.807) is 4.90 Å². The lowest BCUT2D eigenvalue weighted by atomic mass is 10.1. The van der Waals surface area contributed by atoms with Gasteiger partial charge in [0.15, 0.2) is 5.13 Å². The molecule has 0 bridgehead atoms. The quantitative estimate of drug-likeness (QED) is 0.686. The molecule has 2 N–H and O–H groups in total. The number of hydrogen-bond donors (Lipinski definition) is 2. The molecule has 140 valence electrons. The molecule has 2 aromatic rings. The molecule has 1 atom stereocenters. The predicted octanol–water partition coefficient (Wildman–Crippen LogP) is 1.94. The normalized spacial score (nSPS) is 17.1. The minimum absolute atomic E-state index is 0.0791. The maximum Gasteiger partial charge on any atom is 0.229 e. The third-order valence-electron chi connectivity index (χ3n) is 4.27. The van der Waals surface area contributed by atoms with Crippen LogP contribution >= 0.6 is 11.3 Å². The molecule has 0 spiro atoms. The lowest BCUT2D eigenvalue weighted by Gasteiger charge is -2.13. The first-order chi connectivity index (χ1) is 12.6. The molecule has 0 saturated carbocycles. The lowest BCUT2D eigenvalue weighted by molar-refractivity contribution is -0.126. The number of unbranched alkanes of at least 4 members (excludes halogenated alkanes) is 1. The number of thiazole rings is 1. The molecule has 1 saturated heterocycles. The van der Waals surface area contributed by atoms with Crippen LogP contribution < -0.4 is 15.0 Å². The van der Waals surface area contributed by atoms with Crippen molar-refractivity contribution in [1.29, 1.82) is 0 Å². The van der Waals surface area contributed by atoms with Gasteiger partial charge in [-0.3, -0.25) is 14.5 Å². The molecular weight excluding hydrogens is 354 g/mol. The molecule has 8 heteroatoms. The van der Waals surface area contributed by atoms with Crippen molar-refractivity contribution in [2.75, 3.05) is 31.2 Å². The third-order valence-corrected chi connectivity index (χ3v) is 5.31. The van der Waals surface area contributed by atoms with E-state index in [9.17, 15) is 9.59 Å². The number of carbonyl (C=O) groups excluding carboxylic acids is 2. The van der Waals surface area contributed by atoms with Crippen molar-refractivity contribution < 1.29 is 19.4 Å². The van der Waals surface area contributed by atoms with Crippen molar-refractivity contribution in [2.24, 2.45) is 5.92 Å². The molecule has 1 fully saturated rings. The number of amides is 2. The van der Waals surface area contributed by atoms with Gasteiger partial charge in [-0.25, -0.2) is 4.98 Å². The summed E-state index contributed by atoms with van der Waals surface area (Å²) >= 11 is 1.43. The first-order valence-corrected chi connectivity index (χ1v) is 9.66. The summed E-state index contributed by atoms with van der Waals surface area (Å²) in [6.07, 6.45) is 1.59. The van der Waals surface area contributed by atoms with E-state index in [0.717, 1.165) is 22.4 Å². The summed E-state index contributed by atoms with van der Waals surface area (Å²) < 4.78 is 6.46. The van der Waals surface area contributed by atoms with Crippen LogP contribution in [0.4, 0.5) is 5.13 Å². The van der Waals surface area contributed by atoms with Gasteiger partial charge in [0.2, 0.25) is 11.8 Å². The fourth-order valence-electron chi connectivity index (χ4n) is 2.93. The van der Waals surface area contributed by atoms with Gasteiger partial charge in [0, 0.05) is 26.1 Å². The lowest BCUT2D eigenvalue weighted by Crippen LogP contribution is -2.33. The zero-order chi connectivity index (χ0) is 18.5. The first-order valence-electron chi connectivity index (χ1n) is 8.84. The maximum atomic E-state index is 12.4. The highest BCUT2D eigenvalue weighted by atomic mass is 32.1. The topological polar surface area (TPSA) is 91.8 Å². The molecular formula is C18H23N3O4S. The van der Waals surface area contributed by atoms with Gasteiger partial charge in [-0.1, -0.05) is 11.3 Å². The van der Waals surface area contributed by atoms with Gasteiger partial charge < -0.3 is 15.2 Å². The number of ether oxygens (including phenoxy) is 1. The summed E-state index contributed by atoms with van der Waals surface area (Å²) in [6, 6.07) is 5.67. The summed E-state index contributed by atoms with van der Waals surface area (Å²) in [6.45, 7) is 3.51. The number of rotatable bonds is 8. The molecule has 1 aromatic carbocycles. The van der Waals surface area contributed by atoms with E-state index in [1.807, 2.05) is 25.1 Å².